The quantitative estimate of drug-likeness (QED) is 0.498. The van der Waals surface area contributed by atoms with Crippen LogP contribution in [0.2, 0.25) is 0 Å². The normalized spacial score (nSPS) is 15.5. The first-order valence-corrected chi connectivity index (χ1v) is 11.0. The summed E-state index contributed by atoms with van der Waals surface area (Å²) in [5.74, 6) is 1.57. The van der Waals surface area contributed by atoms with Crippen LogP contribution in [0.15, 0.2) is 60.4 Å². The number of nitriles is 1. The Hall–Kier alpha value is -4.03. The third-order valence-electron chi connectivity index (χ3n) is 5.19. The Morgan fingerprint density at radius 2 is 2.03 bits per heavy atom. The zero-order valence-electron chi connectivity index (χ0n) is 17.0. The summed E-state index contributed by atoms with van der Waals surface area (Å²) in [5, 5.41) is 12.3. The van der Waals surface area contributed by atoms with E-state index in [1.807, 2.05) is 35.7 Å². The Kier molecular flexibility index (Phi) is 5.35. The number of rotatable bonds is 5. The maximum Gasteiger partial charge on any atom is 0.148 e. The second-order valence-electron chi connectivity index (χ2n) is 7.32. The van der Waals surface area contributed by atoms with Gasteiger partial charge in [0.2, 0.25) is 0 Å². The average Bonchev–Trinajstić information content (AvgIpc) is 3.52. The van der Waals surface area contributed by atoms with Gasteiger partial charge in [0.05, 0.1) is 24.6 Å². The lowest BCUT2D eigenvalue weighted by Gasteiger charge is -2.18. The van der Waals surface area contributed by atoms with Gasteiger partial charge in [0.1, 0.15) is 51.4 Å². The minimum atomic E-state index is 0.0690. The molecule has 0 spiro atoms. The first-order valence-electron chi connectivity index (χ1n) is 10.1. The predicted molar refractivity (Wildman–Crippen MR) is 123 cm³/mol. The molecule has 0 bridgehead atoms. The number of nitrogens with zero attached hydrogens (tertiary/aromatic N) is 6. The summed E-state index contributed by atoms with van der Waals surface area (Å²) in [6.45, 7) is 1.50. The lowest BCUT2D eigenvalue weighted by Crippen LogP contribution is -2.25. The zero-order chi connectivity index (χ0) is 21.9. The summed E-state index contributed by atoms with van der Waals surface area (Å²) in [7, 11) is 0. The van der Waals surface area contributed by atoms with Crippen LogP contribution in [-0.4, -0.2) is 39.1 Å². The van der Waals surface area contributed by atoms with Crippen molar-refractivity contribution < 1.29 is 4.74 Å². The number of hydrogen-bond donors (Lipinski definition) is 1. The summed E-state index contributed by atoms with van der Waals surface area (Å²) in [6.07, 6.45) is 5.98. The van der Waals surface area contributed by atoms with E-state index in [2.05, 4.69) is 25.9 Å². The van der Waals surface area contributed by atoms with Crippen molar-refractivity contribution in [2.75, 3.05) is 23.7 Å². The van der Waals surface area contributed by atoms with Gasteiger partial charge in [-0.15, -0.1) is 11.3 Å². The van der Waals surface area contributed by atoms with E-state index in [1.165, 1.54) is 11.3 Å². The molecule has 1 saturated heterocycles. The number of nitrogens with two attached hydrogens (primary N) is 1. The second-order valence-corrected chi connectivity index (χ2v) is 8.21. The van der Waals surface area contributed by atoms with Crippen LogP contribution in [0, 0.1) is 11.3 Å². The Morgan fingerprint density at radius 3 is 2.81 bits per heavy atom. The molecular weight excluding hydrogens is 422 g/mol. The van der Waals surface area contributed by atoms with Crippen molar-refractivity contribution in [1.82, 2.24) is 19.9 Å². The molecule has 2 N–H and O–H groups in total. The van der Waals surface area contributed by atoms with Gasteiger partial charge >= 0.3 is 0 Å². The van der Waals surface area contributed by atoms with E-state index in [0.717, 1.165) is 23.7 Å². The summed E-state index contributed by atoms with van der Waals surface area (Å²) < 4.78 is 6.08. The molecule has 9 heteroatoms. The number of ether oxygens (including phenoxy) is 1. The Labute approximate surface area is 189 Å². The van der Waals surface area contributed by atoms with Gasteiger partial charge in [-0.25, -0.2) is 15.0 Å². The summed E-state index contributed by atoms with van der Waals surface area (Å²) in [4.78, 5) is 20.2. The fourth-order valence-corrected chi connectivity index (χ4v) is 4.27. The molecule has 4 heterocycles. The zero-order valence-corrected chi connectivity index (χ0v) is 17.9. The fraction of sp³-hybridized carbons (Fsp3) is 0.174. The van der Waals surface area contributed by atoms with Gasteiger partial charge in [0, 0.05) is 24.5 Å². The highest BCUT2D eigenvalue weighted by atomic mass is 32.1. The van der Waals surface area contributed by atoms with E-state index in [-0.39, 0.29) is 11.7 Å². The minimum Gasteiger partial charge on any atom is -0.489 e. The van der Waals surface area contributed by atoms with Crippen LogP contribution < -0.4 is 15.4 Å². The van der Waals surface area contributed by atoms with Gasteiger partial charge in [0.15, 0.2) is 0 Å². The lowest BCUT2D eigenvalue weighted by molar-refractivity contribution is 0.225. The molecule has 1 aliphatic heterocycles. The van der Waals surface area contributed by atoms with Crippen LogP contribution in [0.1, 0.15) is 12.0 Å². The highest BCUT2D eigenvalue weighted by Gasteiger charge is 2.26. The molecule has 1 unspecified atom stereocenters. The molecule has 4 aromatic rings. The van der Waals surface area contributed by atoms with E-state index in [9.17, 15) is 5.26 Å². The minimum absolute atomic E-state index is 0.0690. The van der Waals surface area contributed by atoms with Gasteiger partial charge in [-0.05, 0) is 18.2 Å². The van der Waals surface area contributed by atoms with Crippen molar-refractivity contribution in [3.8, 4) is 33.9 Å². The van der Waals surface area contributed by atoms with Crippen LogP contribution in [0.4, 0.5) is 11.5 Å². The largest absolute Gasteiger partial charge is 0.489 e. The summed E-state index contributed by atoms with van der Waals surface area (Å²) in [6, 6.07) is 13.6. The number of hydrogen-bond acceptors (Lipinski definition) is 9. The van der Waals surface area contributed by atoms with Crippen LogP contribution in [0.3, 0.4) is 0 Å². The Bertz CT molecular complexity index is 1270. The fourth-order valence-electron chi connectivity index (χ4n) is 3.67. The van der Waals surface area contributed by atoms with E-state index in [0.29, 0.717) is 35.1 Å². The molecule has 1 fully saturated rings. The number of para-hydroxylation sites is 1. The smallest absolute Gasteiger partial charge is 0.148 e. The van der Waals surface area contributed by atoms with Crippen LogP contribution in [-0.2, 0) is 0 Å². The number of anilines is 2. The molecule has 32 heavy (non-hydrogen) atoms. The van der Waals surface area contributed by atoms with Crippen LogP contribution in [0.5, 0.6) is 5.75 Å². The number of aromatic nitrogens is 4. The Morgan fingerprint density at radius 1 is 1.16 bits per heavy atom. The van der Waals surface area contributed by atoms with Gasteiger partial charge in [-0.1, -0.05) is 18.2 Å². The molecule has 3 aromatic heterocycles. The molecule has 0 aliphatic carbocycles. The first kappa shape index (κ1) is 19.9. The van der Waals surface area contributed by atoms with Gasteiger partial charge in [-0.2, -0.15) is 5.26 Å². The highest BCUT2D eigenvalue weighted by molar-refractivity contribution is 7.13. The van der Waals surface area contributed by atoms with Crippen molar-refractivity contribution in [2.24, 2.45) is 0 Å². The van der Waals surface area contributed by atoms with E-state index in [4.69, 9.17) is 15.5 Å². The summed E-state index contributed by atoms with van der Waals surface area (Å²) >= 11 is 1.46. The molecule has 0 amide bonds. The molecule has 1 aromatic carbocycles. The van der Waals surface area contributed by atoms with Crippen molar-refractivity contribution in [3.63, 3.8) is 0 Å². The molecule has 8 nitrogen and oxygen atoms in total. The number of thiazole rings is 1. The van der Waals surface area contributed by atoms with E-state index in [1.54, 1.807) is 24.7 Å². The number of benzene rings is 1. The SMILES string of the molecule is N#Cc1c(N)cc(-c2nccs2)nc1-c1cncc(N2CCC(Oc3ccccc3)C2)n1. The maximum absolute atomic E-state index is 9.68. The van der Waals surface area contributed by atoms with Crippen molar-refractivity contribution in [3.05, 3.63) is 65.9 Å². The second kappa shape index (κ2) is 8.61. The number of nitrogen functional groups attached to an aromatic ring is 1. The Balaban J connectivity index is 1.43. The van der Waals surface area contributed by atoms with Crippen molar-refractivity contribution >= 4 is 22.8 Å². The van der Waals surface area contributed by atoms with E-state index >= 15 is 0 Å². The third-order valence-corrected chi connectivity index (χ3v) is 5.99. The molecular formula is C23H19N7OS. The number of pyridine rings is 1. The molecule has 158 valence electrons. The molecule has 5 rings (SSSR count). The predicted octanol–water partition coefficient (Wildman–Crippen LogP) is 3.77. The van der Waals surface area contributed by atoms with Gasteiger partial charge in [-0.3, -0.25) is 4.98 Å². The monoisotopic (exact) mass is 441 g/mol. The van der Waals surface area contributed by atoms with E-state index < -0.39 is 0 Å². The molecule has 1 aliphatic rings. The van der Waals surface area contributed by atoms with Gasteiger partial charge in [0.25, 0.3) is 0 Å². The first-order chi connectivity index (χ1) is 15.7. The molecule has 1 atom stereocenters. The van der Waals surface area contributed by atoms with Crippen LogP contribution in [0.25, 0.3) is 22.1 Å². The van der Waals surface area contributed by atoms with Gasteiger partial charge < -0.3 is 15.4 Å². The topological polar surface area (TPSA) is 114 Å². The van der Waals surface area contributed by atoms with Crippen molar-refractivity contribution in [1.29, 1.82) is 5.26 Å². The maximum atomic E-state index is 9.68. The average molecular weight is 442 g/mol. The lowest BCUT2D eigenvalue weighted by atomic mass is 10.1. The summed E-state index contributed by atoms with van der Waals surface area (Å²) in [5.41, 5.74) is 8.30. The third kappa shape index (κ3) is 3.96. The highest BCUT2D eigenvalue weighted by Crippen LogP contribution is 2.31. The van der Waals surface area contributed by atoms with Crippen LogP contribution >= 0.6 is 11.3 Å². The molecule has 0 saturated carbocycles. The standard InChI is InChI=1S/C23H19N7OS/c24-11-17-18(25)10-19(23-27-7-9-32-23)29-22(17)20-12-26-13-21(28-20)30-8-6-16(14-30)31-15-4-2-1-3-5-15/h1-5,7,9-10,12-13,16H,6,8,14H2,(H2,25,29). The van der Waals surface area contributed by atoms with Crippen molar-refractivity contribution in [2.45, 2.75) is 12.5 Å². The molecule has 0 radical (unpaired) electrons.